The maximum absolute atomic E-state index is 5.86. The van der Waals surface area contributed by atoms with Gasteiger partial charge in [-0.3, -0.25) is 0 Å². The lowest BCUT2D eigenvalue weighted by Gasteiger charge is -2.36. The van der Waals surface area contributed by atoms with E-state index in [4.69, 9.17) is 5.73 Å². The summed E-state index contributed by atoms with van der Waals surface area (Å²) in [5.74, 6) is 0.754. The molecule has 0 aromatic heterocycles. The molecule has 0 radical (unpaired) electrons. The Kier molecular flexibility index (Phi) is 2.60. The molecule has 2 heteroatoms. The zero-order chi connectivity index (χ0) is 11.0. The number of hydrogen-bond acceptors (Lipinski definition) is 2. The fourth-order valence-corrected chi connectivity index (χ4v) is 3.00. The van der Waals surface area contributed by atoms with Crippen LogP contribution in [0.15, 0.2) is 18.2 Å². The molecule has 1 unspecified atom stereocenters. The van der Waals surface area contributed by atoms with Crippen LogP contribution in [0.1, 0.15) is 36.3 Å². The van der Waals surface area contributed by atoms with Gasteiger partial charge in [0.05, 0.1) is 0 Å². The molecule has 1 saturated heterocycles. The molecule has 3 rings (SSSR count). The average molecular weight is 216 g/mol. The Bertz CT molecular complexity index is 382. The molecule has 1 aliphatic carbocycles. The number of nitrogens with two attached hydrogens (primary N) is 1. The third-order valence-electron chi connectivity index (χ3n) is 4.03. The molecule has 0 spiro atoms. The number of rotatable bonds is 2. The van der Waals surface area contributed by atoms with Crippen LogP contribution in [0.4, 0.5) is 5.69 Å². The molecule has 0 bridgehead atoms. The van der Waals surface area contributed by atoms with Crippen LogP contribution in [-0.4, -0.2) is 24.5 Å². The largest absolute Gasteiger partial charge is 0.399 e. The third-order valence-corrected chi connectivity index (χ3v) is 4.03. The van der Waals surface area contributed by atoms with Gasteiger partial charge in [-0.15, -0.1) is 0 Å². The molecule has 1 fully saturated rings. The average Bonchev–Trinajstić information content (AvgIpc) is 2.23. The maximum atomic E-state index is 5.86. The molecule has 1 heterocycles. The minimum atomic E-state index is 0.754. The predicted octanol–water partition coefficient (Wildman–Crippen LogP) is 2.39. The minimum Gasteiger partial charge on any atom is -0.399 e. The van der Waals surface area contributed by atoms with E-state index in [1.54, 1.807) is 5.56 Å². The molecule has 2 nitrogen and oxygen atoms in total. The van der Waals surface area contributed by atoms with Gasteiger partial charge >= 0.3 is 0 Å². The van der Waals surface area contributed by atoms with Gasteiger partial charge in [0.15, 0.2) is 0 Å². The molecule has 1 atom stereocenters. The van der Waals surface area contributed by atoms with Gasteiger partial charge in [-0.25, -0.2) is 0 Å². The van der Waals surface area contributed by atoms with Crippen LogP contribution in [-0.2, 0) is 6.42 Å². The zero-order valence-electron chi connectivity index (χ0n) is 9.78. The van der Waals surface area contributed by atoms with Crippen molar-refractivity contribution in [3.8, 4) is 0 Å². The second-order valence-corrected chi connectivity index (χ2v) is 5.20. The Hall–Kier alpha value is -1.02. The summed E-state index contributed by atoms with van der Waals surface area (Å²) in [6, 6.07) is 6.50. The van der Waals surface area contributed by atoms with Gasteiger partial charge in [0, 0.05) is 12.2 Å². The van der Waals surface area contributed by atoms with Crippen molar-refractivity contribution >= 4 is 5.69 Å². The van der Waals surface area contributed by atoms with Crippen molar-refractivity contribution in [1.82, 2.24) is 4.90 Å². The van der Waals surface area contributed by atoms with Crippen LogP contribution in [0, 0.1) is 0 Å². The minimum absolute atomic E-state index is 0.754. The number of anilines is 1. The van der Waals surface area contributed by atoms with Gasteiger partial charge in [-0.1, -0.05) is 6.07 Å². The zero-order valence-corrected chi connectivity index (χ0v) is 9.78. The van der Waals surface area contributed by atoms with E-state index >= 15 is 0 Å². The topological polar surface area (TPSA) is 29.3 Å². The van der Waals surface area contributed by atoms with E-state index < -0.39 is 0 Å². The molecule has 2 aliphatic rings. The molecule has 1 aromatic rings. The normalized spacial score (nSPS) is 24.9. The van der Waals surface area contributed by atoms with Gasteiger partial charge in [-0.05, 0) is 68.0 Å². The number of nitrogens with zero attached hydrogens (tertiary/aromatic N) is 1. The quantitative estimate of drug-likeness (QED) is 0.769. The second kappa shape index (κ2) is 4.10. The third kappa shape index (κ3) is 1.82. The summed E-state index contributed by atoms with van der Waals surface area (Å²) in [6.07, 6.45) is 5.29. The van der Waals surface area contributed by atoms with Gasteiger partial charge in [0.25, 0.3) is 0 Å². The maximum Gasteiger partial charge on any atom is 0.0316 e. The highest BCUT2D eigenvalue weighted by Gasteiger charge is 2.24. The highest BCUT2D eigenvalue weighted by Crippen LogP contribution is 2.33. The number of benzene rings is 1. The van der Waals surface area contributed by atoms with Gasteiger partial charge in [0.1, 0.15) is 0 Å². The number of aryl methyl sites for hydroxylation is 1. The van der Waals surface area contributed by atoms with Crippen LogP contribution in [0.3, 0.4) is 0 Å². The van der Waals surface area contributed by atoms with Crippen molar-refractivity contribution in [2.45, 2.75) is 31.6 Å². The molecule has 86 valence electrons. The van der Waals surface area contributed by atoms with E-state index in [0.29, 0.717) is 0 Å². The van der Waals surface area contributed by atoms with Crippen LogP contribution in [0.2, 0.25) is 0 Å². The number of hydrogen-bond donors (Lipinski definition) is 1. The fourth-order valence-electron chi connectivity index (χ4n) is 3.00. The Morgan fingerprint density at radius 3 is 2.88 bits per heavy atom. The first-order chi connectivity index (χ1) is 7.83. The van der Waals surface area contributed by atoms with Crippen molar-refractivity contribution in [2.75, 3.05) is 25.4 Å². The van der Waals surface area contributed by atoms with E-state index in [-0.39, 0.29) is 0 Å². The first-order valence-electron chi connectivity index (χ1n) is 6.43. The lowest BCUT2D eigenvalue weighted by Crippen LogP contribution is -2.40. The summed E-state index contributed by atoms with van der Waals surface area (Å²) in [4.78, 5) is 2.58. The number of fused-ring (bicyclic) bond motifs is 1. The van der Waals surface area contributed by atoms with Crippen LogP contribution in [0.25, 0.3) is 0 Å². The summed E-state index contributed by atoms with van der Waals surface area (Å²) in [7, 11) is 0. The molecular weight excluding hydrogens is 196 g/mol. The van der Waals surface area contributed by atoms with Crippen molar-refractivity contribution in [3.05, 3.63) is 29.3 Å². The van der Waals surface area contributed by atoms with Crippen LogP contribution < -0.4 is 5.73 Å². The molecule has 16 heavy (non-hydrogen) atoms. The lowest BCUT2D eigenvalue weighted by atomic mass is 9.82. The molecule has 0 amide bonds. The van der Waals surface area contributed by atoms with Gasteiger partial charge in [0.2, 0.25) is 0 Å². The summed E-state index contributed by atoms with van der Waals surface area (Å²) in [6.45, 7) is 3.87. The second-order valence-electron chi connectivity index (χ2n) is 5.20. The first-order valence-corrected chi connectivity index (χ1v) is 6.43. The molecule has 0 saturated carbocycles. The molecule has 1 aliphatic heterocycles. The van der Waals surface area contributed by atoms with Crippen molar-refractivity contribution in [2.24, 2.45) is 0 Å². The standard InChI is InChI=1S/C14H20N2/c15-13-5-6-14-11(9-13)3-1-4-12(14)10-16-7-2-8-16/h5-6,9,12H,1-4,7-8,10,15H2. The van der Waals surface area contributed by atoms with Crippen molar-refractivity contribution < 1.29 is 0 Å². The Morgan fingerprint density at radius 2 is 2.12 bits per heavy atom. The van der Waals surface area contributed by atoms with E-state index in [9.17, 15) is 0 Å². The summed E-state index contributed by atoms with van der Waals surface area (Å²) < 4.78 is 0. The predicted molar refractivity (Wildman–Crippen MR) is 67.6 cm³/mol. The Labute approximate surface area is 97.4 Å². The van der Waals surface area contributed by atoms with E-state index in [1.165, 1.54) is 50.9 Å². The van der Waals surface area contributed by atoms with E-state index in [0.717, 1.165) is 11.6 Å². The highest BCUT2D eigenvalue weighted by molar-refractivity contribution is 5.47. The van der Waals surface area contributed by atoms with Gasteiger partial charge in [-0.2, -0.15) is 0 Å². The summed E-state index contributed by atoms with van der Waals surface area (Å²) >= 11 is 0. The molecule has 2 N–H and O–H groups in total. The summed E-state index contributed by atoms with van der Waals surface area (Å²) in [5.41, 5.74) is 9.83. The van der Waals surface area contributed by atoms with E-state index in [2.05, 4.69) is 23.1 Å². The van der Waals surface area contributed by atoms with Crippen molar-refractivity contribution in [1.29, 1.82) is 0 Å². The van der Waals surface area contributed by atoms with Crippen LogP contribution >= 0.6 is 0 Å². The SMILES string of the molecule is Nc1ccc2c(c1)CCCC2CN1CCC1. The summed E-state index contributed by atoms with van der Waals surface area (Å²) in [5, 5.41) is 0. The molecular formula is C14H20N2. The fraction of sp³-hybridized carbons (Fsp3) is 0.571. The van der Waals surface area contributed by atoms with E-state index in [1.807, 2.05) is 0 Å². The highest BCUT2D eigenvalue weighted by atomic mass is 15.2. The smallest absolute Gasteiger partial charge is 0.0316 e. The Morgan fingerprint density at radius 1 is 1.25 bits per heavy atom. The lowest BCUT2D eigenvalue weighted by molar-refractivity contribution is 0.165. The monoisotopic (exact) mass is 216 g/mol. The first kappa shape index (κ1) is 10.2. The number of likely N-dealkylation sites (tertiary alicyclic amines) is 1. The Balaban J connectivity index is 1.81. The molecule has 1 aromatic carbocycles. The number of nitrogen functional groups attached to an aromatic ring is 1. The van der Waals surface area contributed by atoms with Crippen LogP contribution in [0.5, 0.6) is 0 Å². The van der Waals surface area contributed by atoms with Crippen molar-refractivity contribution in [3.63, 3.8) is 0 Å². The van der Waals surface area contributed by atoms with Gasteiger partial charge < -0.3 is 10.6 Å².